The number of hydrogen-bond donors (Lipinski definition) is 0. The van der Waals surface area contributed by atoms with Crippen LogP contribution in [0.1, 0.15) is 12.5 Å². The number of aromatic nitrogens is 2. The summed E-state index contributed by atoms with van der Waals surface area (Å²) in [5.41, 5.74) is 1.76. The van der Waals surface area contributed by atoms with E-state index in [1.165, 1.54) is 13.0 Å². The van der Waals surface area contributed by atoms with Gasteiger partial charge in [0.25, 0.3) is 0 Å². The third kappa shape index (κ3) is 2.51. The van der Waals surface area contributed by atoms with Crippen molar-refractivity contribution in [2.24, 2.45) is 0 Å². The van der Waals surface area contributed by atoms with E-state index in [-0.39, 0.29) is 5.83 Å². The van der Waals surface area contributed by atoms with Crippen LogP contribution in [0.25, 0.3) is 17.5 Å². The van der Waals surface area contributed by atoms with Crippen molar-refractivity contribution in [1.29, 1.82) is 0 Å². The lowest BCUT2D eigenvalue weighted by molar-refractivity contribution is 0.648. The lowest BCUT2D eigenvalue weighted by Crippen LogP contribution is -1.86. The molecule has 0 aliphatic rings. The molecule has 80 valence electrons. The molecule has 2 rings (SSSR count). The Hall–Kier alpha value is -2.03. The molecule has 0 aliphatic heterocycles. The number of rotatable bonds is 2. The van der Waals surface area contributed by atoms with Gasteiger partial charge in [-0.15, -0.1) is 0 Å². The Morgan fingerprint density at radius 3 is 2.31 bits per heavy atom. The van der Waals surface area contributed by atoms with E-state index in [1.54, 1.807) is 18.5 Å². The summed E-state index contributed by atoms with van der Waals surface area (Å²) in [6.45, 7) is 1.42. The summed E-state index contributed by atoms with van der Waals surface area (Å²) in [7, 11) is 0. The first-order valence-corrected chi connectivity index (χ1v) is 4.97. The predicted octanol–water partition coefficient (Wildman–Crippen LogP) is 3.47. The molecule has 1 heterocycles. The monoisotopic (exact) mass is 214 g/mol. The second-order valence-electron chi connectivity index (χ2n) is 3.43. The van der Waals surface area contributed by atoms with Gasteiger partial charge >= 0.3 is 0 Å². The maximum absolute atomic E-state index is 12.6. The summed E-state index contributed by atoms with van der Waals surface area (Å²) in [5, 5.41) is 0. The lowest BCUT2D eigenvalue weighted by atomic mass is 10.1. The Morgan fingerprint density at radius 2 is 1.75 bits per heavy atom. The molecule has 0 radical (unpaired) electrons. The van der Waals surface area contributed by atoms with Crippen molar-refractivity contribution in [3.63, 3.8) is 0 Å². The van der Waals surface area contributed by atoms with Gasteiger partial charge < -0.3 is 0 Å². The van der Waals surface area contributed by atoms with Crippen LogP contribution in [0.4, 0.5) is 4.39 Å². The number of allylic oxidation sites excluding steroid dienone is 1. The fourth-order valence-electron chi connectivity index (χ4n) is 1.41. The number of halogens is 1. The Kier molecular flexibility index (Phi) is 3.05. The van der Waals surface area contributed by atoms with Crippen LogP contribution in [0.15, 0.2) is 48.6 Å². The molecular formula is C13H11FN2. The van der Waals surface area contributed by atoms with Gasteiger partial charge in [0.15, 0.2) is 5.82 Å². The number of benzene rings is 1. The summed E-state index contributed by atoms with van der Waals surface area (Å²) < 4.78 is 12.6. The van der Waals surface area contributed by atoms with Crippen molar-refractivity contribution < 1.29 is 4.39 Å². The quantitative estimate of drug-likeness (QED) is 0.764. The molecule has 0 amide bonds. The molecule has 1 aromatic carbocycles. The zero-order valence-corrected chi connectivity index (χ0v) is 8.89. The maximum atomic E-state index is 12.6. The van der Waals surface area contributed by atoms with Crippen molar-refractivity contribution in [1.82, 2.24) is 9.97 Å². The van der Waals surface area contributed by atoms with Crippen molar-refractivity contribution in [3.05, 3.63) is 54.1 Å². The Balaban J connectivity index is 2.30. The van der Waals surface area contributed by atoms with Gasteiger partial charge in [-0.2, -0.15) is 0 Å². The molecule has 0 unspecified atom stereocenters. The molecule has 0 N–H and O–H groups in total. The van der Waals surface area contributed by atoms with Crippen LogP contribution in [0.5, 0.6) is 0 Å². The Bertz CT molecular complexity index is 485. The third-order valence-electron chi connectivity index (χ3n) is 2.10. The van der Waals surface area contributed by atoms with Crippen LogP contribution in [0.3, 0.4) is 0 Å². The number of hydrogen-bond acceptors (Lipinski definition) is 2. The summed E-state index contributed by atoms with van der Waals surface area (Å²) >= 11 is 0. The molecule has 0 aliphatic carbocycles. The van der Waals surface area contributed by atoms with E-state index in [4.69, 9.17) is 0 Å². The first kappa shape index (κ1) is 10.5. The zero-order valence-electron chi connectivity index (χ0n) is 8.89. The van der Waals surface area contributed by atoms with Crippen molar-refractivity contribution in [3.8, 4) is 11.4 Å². The molecule has 0 atom stereocenters. The van der Waals surface area contributed by atoms with Gasteiger partial charge in [0.05, 0.1) is 5.83 Å². The highest BCUT2D eigenvalue weighted by molar-refractivity contribution is 5.59. The standard InChI is InChI=1S/C13H11FN2/c1-10(14)9-11-3-5-12(6-4-11)13-15-7-2-8-16-13/h2-9H,1H3/b10-9+. The molecule has 1 aromatic heterocycles. The minimum absolute atomic E-state index is 0.205. The summed E-state index contributed by atoms with van der Waals surface area (Å²) in [5.74, 6) is 0.471. The normalized spacial score (nSPS) is 11.5. The van der Waals surface area contributed by atoms with Crippen LogP contribution in [0, 0.1) is 0 Å². The van der Waals surface area contributed by atoms with E-state index in [0.717, 1.165) is 11.1 Å². The molecule has 16 heavy (non-hydrogen) atoms. The highest BCUT2D eigenvalue weighted by Gasteiger charge is 1.98. The molecule has 2 aromatic rings. The van der Waals surface area contributed by atoms with Gasteiger partial charge in [-0.1, -0.05) is 24.3 Å². The van der Waals surface area contributed by atoms with Crippen molar-refractivity contribution >= 4 is 6.08 Å². The molecule has 0 saturated carbocycles. The fourth-order valence-corrected chi connectivity index (χ4v) is 1.41. The van der Waals surface area contributed by atoms with Crippen LogP contribution in [-0.2, 0) is 0 Å². The van der Waals surface area contributed by atoms with Crippen LogP contribution < -0.4 is 0 Å². The topological polar surface area (TPSA) is 25.8 Å². The van der Waals surface area contributed by atoms with E-state index in [2.05, 4.69) is 9.97 Å². The smallest absolute Gasteiger partial charge is 0.159 e. The van der Waals surface area contributed by atoms with E-state index in [0.29, 0.717) is 5.82 Å². The summed E-state index contributed by atoms with van der Waals surface area (Å²) in [4.78, 5) is 8.28. The summed E-state index contributed by atoms with van der Waals surface area (Å²) in [6, 6.07) is 9.21. The van der Waals surface area contributed by atoms with Crippen molar-refractivity contribution in [2.45, 2.75) is 6.92 Å². The SMILES string of the molecule is C/C(F)=C\c1ccc(-c2ncccn2)cc1. The van der Waals surface area contributed by atoms with Gasteiger partial charge in [-0.05, 0) is 24.6 Å². The third-order valence-corrected chi connectivity index (χ3v) is 2.10. The average Bonchev–Trinajstić information content (AvgIpc) is 2.30. The van der Waals surface area contributed by atoms with Crippen molar-refractivity contribution in [2.75, 3.05) is 0 Å². The fraction of sp³-hybridized carbons (Fsp3) is 0.0769. The molecule has 3 heteroatoms. The Labute approximate surface area is 93.5 Å². The van der Waals surface area contributed by atoms with E-state index in [1.807, 2.05) is 24.3 Å². The lowest BCUT2D eigenvalue weighted by Gasteiger charge is -1.99. The molecular weight excluding hydrogens is 203 g/mol. The minimum Gasteiger partial charge on any atom is -0.237 e. The minimum atomic E-state index is -0.205. The zero-order chi connectivity index (χ0) is 11.4. The first-order valence-electron chi connectivity index (χ1n) is 4.97. The van der Waals surface area contributed by atoms with E-state index in [9.17, 15) is 4.39 Å². The molecule has 0 fully saturated rings. The predicted molar refractivity (Wildman–Crippen MR) is 62.2 cm³/mol. The van der Waals surface area contributed by atoms with E-state index >= 15 is 0 Å². The average molecular weight is 214 g/mol. The highest BCUT2D eigenvalue weighted by Crippen LogP contribution is 2.16. The van der Waals surface area contributed by atoms with Crippen LogP contribution in [-0.4, -0.2) is 9.97 Å². The first-order chi connectivity index (χ1) is 7.75. The number of nitrogens with zero attached hydrogens (tertiary/aromatic N) is 2. The van der Waals surface area contributed by atoms with Gasteiger partial charge in [-0.3, -0.25) is 0 Å². The van der Waals surface area contributed by atoms with Crippen LogP contribution in [0.2, 0.25) is 0 Å². The van der Waals surface area contributed by atoms with Gasteiger partial charge in [0, 0.05) is 18.0 Å². The second-order valence-corrected chi connectivity index (χ2v) is 3.43. The Morgan fingerprint density at radius 1 is 1.12 bits per heavy atom. The van der Waals surface area contributed by atoms with Gasteiger partial charge in [0.2, 0.25) is 0 Å². The van der Waals surface area contributed by atoms with Crippen LogP contribution >= 0.6 is 0 Å². The molecule has 0 saturated heterocycles. The summed E-state index contributed by atoms with van der Waals surface area (Å²) in [6.07, 6.45) is 4.87. The second kappa shape index (κ2) is 4.66. The molecule has 2 nitrogen and oxygen atoms in total. The van der Waals surface area contributed by atoms with E-state index < -0.39 is 0 Å². The van der Waals surface area contributed by atoms with Gasteiger partial charge in [0.1, 0.15) is 0 Å². The maximum Gasteiger partial charge on any atom is 0.159 e. The highest BCUT2D eigenvalue weighted by atomic mass is 19.1. The molecule has 0 spiro atoms. The van der Waals surface area contributed by atoms with Gasteiger partial charge in [-0.25, -0.2) is 14.4 Å². The molecule has 0 bridgehead atoms. The largest absolute Gasteiger partial charge is 0.237 e.